The molecule has 2 heterocycles. The molecule has 0 unspecified atom stereocenters. The number of rotatable bonds is 5. The molecule has 132 valence electrons. The topological polar surface area (TPSA) is 44.7 Å². The molecule has 6 heteroatoms. The second-order valence-electron chi connectivity index (χ2n) is 6.13. The van der Waals surface area contributed by atoms with Crippen molar-refractivity contribution in [2.45, 2.75) is 33.9 Å². The van der Waals surface area contributed by atoms with Crippen molar-refractivity contribution in [3.63, 3.8) is 0 Å². The number of aryl methyl sites for hydroxylation is 2. The first-order valence-corrected chi connectivity index (χ1v) is 10.2. The molecule has 0 saturated carbocycles. The van der Waals surface area contributed by atoms with E-state index >= 15 is 0 Å². The summed E-state index contributed by atoms with van der Waals surface area (Å²) in [6.45, 7) is 9.25. The molecule has 4 nitrogen and oxygen atoms in total. The molecule has 1 aliphatic rings. The van der Waals surface area contributed by atoms with E-state index in [2.05, 4.69) is 37.1 Å². The number of anilines is 1. The Morgan fingerprint density at radius 3 is 2.72 bits per heavy atom. The van der Waals surface area contributed by atoms with Gasteiger partial charge in [-0.1, -0.05) is 29.5 Å². The molecule has 1 aliphatic heterocycles. The second-order valence-corrected chi connectivity index (χ2v) is 8.33. The van der Waals surface area contributed by atoms with E-state index in [1.54, 1.807) is 23.1 Å². The molecule has 1 aromatic carbocycles. The summed E-state index contributed by atoms with van der Waals surface area (Å²) in [6.07, 6.45) is 0.109. The highest BCUT2D eigenvalue weighted by molar-refractivity contribution is 8.08. The molecule has 1 N–H and O–H groups in total. The molecule has 0 radical (unpaired) electrons. The predicted molar refractivity (Wildman–Crippen MR) is 107 cm³/mol. The summed E-state index contributed by atoms with van der Waals surface area (Å²) in [7, 11) is 0. The van der Waals surface area contributed by atoms with Crippen molar-refractivity contribution in [2.75, 3.05) is 17.6 Å². The zero-order valence-electron chi connectivity index (χ0n) is 15.0. The SMILES string of the molecule is CCN1C(SCC(=O)Nc2ccc(C)cc2)=c2cc(C)sc2=N[C@@H]1C. The van der Waals surface area contributed by atoms with Crippen LogP contribution in [0.2, 0.25) is 0 Å². The number of fused-ring (bicyclic) bond motifs is 1. The van der Waals surface area contributed by atoms with Crippen LogP contribution in [0.5, 0.6) is 0 Å². The van der Waals surface area contributed by atoms with Gasteiger partial charge in [-0.2, -0.15) is 0 Å². The molecular weight excluding hydrogens is 350 g/mol. The number of nitrogens with one attached hydrogen (secondary N) is 1. The summed E-state index contributed by atoms with van der Waals surface area (Å²) < 4.78 is 1.08. The predicted octanol–water partition coefficient (Wildman–Crippen LogP) is 3.10. The summed E-state index contributed by atoms with van der Waals surface area (Å²) in [6, 6.07) is 10.1. The maximum absolute atomic E-state index is 12.3. The zero-order chi connectivity index (χ0) is 18.0. The Bertz CT molecular complexity index is 886. The Labute approximate surface area is 156 Å². The molecule has 25 heavy (non-hydrogen) atoms. The van der Waals surface area contributed by atoms with Gasteiger partial charge in [0.1, 0.15) is 10.8 Å². The second kappa shape index (κ2) is 7.62. The van der Waals surface area contributed by atoms with Gasteiger partial charge >= 0.3 is 0 Å². The van der Waals surface area contributed by atoms with Crippen molar-refractivity contribution < 1.29 is 4.79 Å². The van der Waals surface area contributed by atoms with Gasteiger partial charge in [0.15, 0.2) is 0 Å². The van der Waals surface area contributed by atoms with Crippen molar-refractivity contribution in [3.8, 4) is 0 Å². The molecule has 0 fully saturated rings. The van der Waals surface area contributed by atoms with E-state index in [9.17, 15) is 4.79 Å². The van der Waals surface area contributed by atoms with Crippen LogP contribution in [0.25, 0.3) is 5.03 Å². The van der Waals surface area contributed by atoms with Gasteiger partial charge in [-0.3, -0.25) is 4.79 Å². The summed E-state index contributed by atoms with van der Waals surface area (Å²) in [5, 5.41) is 5.29. The molecule has 3 rings (SSSR count). The summed E-state index contributed by atoms with van der Waals surface area (Å²) in [4.78, 5) is 20.6. The van der Waals surface area contributed by atoms with Gasteiger partial charge < -0.3 is 10.2 Å². The van der Waals surface area contributed by atoms with Gasteiger partial charge in [-0.05, 0) is 45.9 Å². The van der Waals surface area contributed by atoms with Crippen molar-refractivity contribution in [3.05, 3.63) is 50.7 Å². The minimum Gasteiger partial charge on any atom is -0.344 e. The molecule has 0 spiro atoms. The largest absolute Gasteiger partial charge is 0.344 e. The van der Waals surface area contributed by atoms with Crippen molar-refractivity contribution in [1.82, 2.24) is 4.90 Å². The van der Waals surface area contributed by atoms with Crippen molar-refractivity contribution in [1.29, 1.82) is 0 Å². The van der Waals surface area contributed by atoms with Crippen LogP contribution in [-0.2, 0) is 4.79 Å². The normalized spacial score (nSPS) is 16.4. The van der Waals surface area contributed by atoms with Gasteiger partial charge in [0.05, 0.1) is 10.8 Å². The third-order valence-electron chi connectivity index (χ3n) is 4.10. The zero-order valence-corrected chi connectivity index (χ0v) is 16.6. The Hall–Kier alpha value is -1.79. The Balaban J connectivity index is 1.77. The standard InChI is InChI=1S/C19H23N3OS2/c1-5-22-14(4)20-18-16(10-13(3)25-18)19(22)24-11-17(23)21-15-8-6-12(2)7-9-15/h6-10,14H,5,11H2,1-4H3,(H,21,23)/t14-/m0/s1. The average Bonchev–Trinajstić information content (AvgIpc) is 2.94. The fraction of sp³-hybridized carbons (Fsp3) is 0.368. The third kappa shape index (κ3) is 4.07. The van der Waals surface area contributed by atoms with Gasteiger partial charge in [0.2, 0.25) is 5.91 Å². The first-order valence-electron chi connectivity index (χ1n) is 8.42. The average molecular weight is 374 g/mol. The number of hydrogen-bond donors (Lipinski definition) is 1. The molecule has 0 aliphatic carbocycles. The van der Waals surface area contributed by atoms with Crippen LogP contribution in [0.4, 0.5) is 5.69 Å². The maximum atomic E-state index is 12.3. The van der Waals surface area contributed by atoms with E-state index in [0.717, 1.165) is 27.2 Å². The van der Waals surface area contributed by atoms with E-state index in [0.29, 0.717) is 5.75 Å². The number of amides is 1. The lowest BCUT2D eigenvalue weighted by Gasteiger charge is -2.31. The number of thioether (sulfide) groups is 1. The molecule has 0 saturated heterocycles. The van der Waals surface area contributed by atoms with E-state index < -0.39 is 0 Å². The number of carbonyl (C=O) groups is 1. The van der Waals surface area contributed by atoms with Crippen LogP contribution in [0.1, 0.15) is 24.3 Å². The van der Waals surface area contributed by atoms with Crippen LogP contribution in [0.3, 0.4) is 0 Å². The van der Waals surface area contributed by atoms with E-state index in [1.807, 2.05) is 31.2 Å². The Morgan fingerprint density at radius 1 is 1.32 bits per heavy atom. The molecule has 1 atom stereocenters. The lowest BCUT2D eigenvalue weighted by molar-refractivity contribution is -0.113. The number of carbonyl (C=O) groups excluding carboxylic acids is 1. The lowest BCUT2D eigenvalue weighted by Crippen LogP contribution is -2.42. The fourth-order valence-electron chi connectivity index (χ4n) is 2.85. The quantitative estimate of drug-likeness (QED) is 0.876. The number of nitrogens with zero attached hydrogens (tertiary/aromatic N) is 2. The fourth-order valence-corrected chi connectivity index (χ4v) is 4.97. The smallest absolute Gasteiger partial charge is 0.234 e. The number of hydrogen-bond acceptors (Lipinski definition) is 5. The van der Waals surface area contributed by atoms with Crippen LogP contribution in [0, 0.1) is 13.8 Å². The summed E-state index contributed by atoms with van der Waals surface area (Å²) >= 11 is 3.32. The van der Waals surface area contributed by atoms with Gasteiger partial charge in [0, 0.05) is 22.3 Å². The van der Waals surface area contributed by atoms with E-state index in [1.165, 1.54) is 10.4 Å². The number of benzene rings is 1. The maximum Gasteiger partial charge on any atom is 0.234 e. The summed E-state index contributed by atoms with van der Waals surface area (Å²) in [5.74, 6) is 0.405. The minimum atomic E-state index is 0.0149. The Kier molecular flexibility index (Phi) is 5.49. The van der Waals surface area contributed by atoms with Crippen LogP contribution >= 0.6 is 23.1 Å². The first kappa shape index (κ1) is 18.0. The number of thiophene rings is 1. The van der Waals surface area contributed by atoms with Crippen molar-refractivity contribution >= 4 is 39.7 Å². The van der Waals surface area contributed by atoms with E-state index in [4.69, 9.17) is 4.99 Å². The van der Waals surface area contributed by atoms with Gasteiger partial charge in [-0.25, -0.2) is 4.99 Å². The highest BCUT2D eigenvalue weighted by atomic mass is 32.2. The molecule has 1 amide bonds. The molecule has 1 aromatic heterocycles. The highest BCUT2D eigenvalue weighted by Gasteiger charge is 2.21. The van der Waals surface area contributed by atoms with Crippen LogP contribution in [0.15, 0.2) is 35.3 Å². The lowest BCUT2D eigenvalue weighted by atomic mass is 10.2. The monoisotopic (exact) mass is 373 g/mol. The molecular formula is C19H23N3OS2. The first-order chi connectivity index (χ1) is 12.0. The van der Waals surface area contributed by atoms with Gasteiger partial charge in [0.25, 0.3) is 0 Å². The minimum absolute atomic E-state index is 0.0149. The Morgan fingerprint density at radius 2 is 2.04 bits per heavy atom. The highest BCUT2D eigenvalue weighted by Crippen LogP contribution is 2.25. The third-order valence-corrected chi connectivity index (χ3v) is 6.19. The summed E-state index contributed by atoms with van der Waals surface area (Å²) in [5.41, 5.74) is 2.02. The molecule has 2 aromatic rings. The molecule has 0 bridgehead atoms. The van der Waals surface area contributed by atoms with Crippen molar-refractivity contribution in [2.24, 2.45) is 4.99 Å². The van der Waals surface area contributed by atoms with Crippen LogP contribution in [-0.4, -0.2) is 29.3 Å². The van der Waals surface area contributed by atoms with E-state index in [-0.39, 0.29) is 12.1 Å². The van der Waals surface area contributed by atoms with Crippen LogP contribution < -0.4 is 15.2 Å². The van der Waals surface area contributed by atoms with Gasteiger partial charge in [-0.15, -0.1) is 11.3 Å².